The lowest BCUT2D eigenvalue weighted by Gasteiger charge is -2.46. The molecule has 156 valence electrons. The van der Waals surface area contributed by atoms with Gasteiger partial charge in [-0.3, -0.25) is 4.90 Å². The van der Waals surface area contributed by atoms with E-state index in [-0.39, 0.29) is 12.2 Å². The summed E-state index contributed by atoms with van der Waals surface area (Å²) >= 11 is 6.03. The van der Waals surface area contributed by atoms with Crippen molar-refractivity contribution in [3.63, 3.8) is 0 Å². The van der Waals surface area contributed by atoms with Gasteiger partial charge in [0.1, 0.15) is 5.60 Å². The van der Waals surface area contributed by atoms with E-state index in [4.69, 9.17) is 21.1 Å². The van der Waals surface area contributed by atoms with E-state index in [1.807, 2.05) is 37.8 Å². The fraction of sp³-hybridized carbons (Fsp3) is 0.682. The molecule has 5 nitrogen and oxygen atoms in total. The molecule has 0 aromatic heterocycles. The molecule has 2 aliphatic heterocycles. The molecule has 1 aromatic rings. The molecule has 6 heteroatoms. The van der Waals surface area contributed by atoms with Gasteiger partial charge in [0.05, 0.1) is 12.7 Å². The van der Waals surface area contributed by atoms with Crippen LogP contribution in [0.15, 0.2) is 24.3 Å². The highest BCUT2D eigenvalue weighted by atomic mass is 35.5. The maximum atomic E-state index is 12.3. The van der Waals surface area contributed by atoms with E-state index in [0.29, 0.717) is 12.1 Å². The van der Waals surface area contributed by atoms with Gasteiger partial charge in [-0.2, -0.15) is 0 Å². The molecule has 0 unspecified atom stereocenters. The molecular weight excluding hydrogens is 376 g/mol. The first-order chi connectivity index (χ1) is 13.2. The molecule has 2 heterocycles. The van der Waals surface area contributed by atoms with E-state index in [0.717, 1.165) is 50.5 Å². The van der Waals surface area contributed by atoms with Crippen molar-refractivity contribution in [1.29, 1.82) is 0 Å². The van der Waals surface area contributed by atoms with E-state index in [1.165, 1.54) is 5.56 Å². The fourth-order valence-electron chi connectivity index (χ4n) is 4.09. The maximum Gasteiger partial charge on any atom is 0.410 e. The van der Waals surface area contributed by atoms with Gasteiger partial charge in [-0.25, -0.2) is 4.79 Å². The predicted octanol–water partition coefficient (Wildman–Crippen LogP) is 4.37. The summed E-state index contributed by atoms with van der Waals surface area (Å²) in [7, 11) is 0. The zero-order valence-electron chi connectivity index (χ0n) is 17.5. The number of morpholine rings is 1. The number of nitrogens with zero attached hydrogens (tertiary/aromatic N) is 2. The first-order valence-electron chi connectivity index (χ1n) is 10.3. The van der Waals surface area contributed by atoms with Gasteiger partial charge in [0, 0.05) is 36.7 Å². The van der Waals surface area contributed by atoms with Gasteiger partial charge in [0.25, 0.3) is 0 Å². The summed E-state index contributed by atoms with van der Waals surface area (Å²) in [5.41, 5.74) is 0.834. The topological polar surface area (TPSA) is 42.0 Å². The lowest BCUT2D eigenvalue weighted by molar-refractivity contribution is -0.0799. The quantitative estimate of drug-likeness (QED) is 0.744. The average Bonchev–Trinajstić information content (AvgIpc) is 2.64. The Balaban J connectivity index is 1.60. The predicted molar refractivity (Wildman–Crippen MR) is 112 cm³/mol. The van der Waals surface area contributed by atoms with E-state index >= 15 is 0 Å². The zero-order valence-corrected chi connectivity index (χ0v) is 18.2. The molecular formula is C22H33ClN2O3. The molecule has 0 aliphatic carbocycles. The second-order valence-corrected chi connectivity index (χ2v) is 9.46. The number of hydrogen-bond acceptors (Lipinski definition) is 4. The van der Waals surface area contributed by atoms with Gasteiger partial charge in [-0.1, -0.05) is 23.7 Å². The molecule has 28 heavy (non-hydrogen) atoms. The van der Waals surface area contributed by atoms with Crippen molar-refractivity contribution in [2.75, 3.05) is 26.2 Å². The Morgan fingerprint density at radius 2 is 1.86 bits per heavy atom. The van der Waals surface area contributed by atoms with Crippen molar-refractivity contribution < 1.29 is 14.3 Å². The summed E-state index contributed by atoms with van der Waals surface area (Å²) in [6.45, 7) is 11.1. The molecule has 2 aliphatic rings. The average molecular weight is 409 g/mol. The number of benzene rings is 1. The Morgan fingerprint density at radius 3 is 2.46 bits per heavy atom. The molecule has 0 spiro atoms. The first-order valence-corrected chi connectivity index (χ1v) is 10.7. The number of likely N-dealkylation sites (tertiary alicyclic amines) is 1. The van der Waals surface area contributed by atoms with Crippen molar-refractivity contribution >= 4 is 17.7 Å². The van der Waals surface area contributed by atoms with Gasteiger partial charge in [-0.05, 0) is 64.7 Å². The van der Waals surface area contributed by atoms with Crippen LogP contribution in [-0.4, -0.2) is 65.9 Å². The largest absolute Gasteiger partial charge is 0.444 e. The van der Waals surface area contributed by atoms with Crippen LogP contribution in [0.3, 0.4) is 0 Å². The van der Waals surface area contributed by atoms with Crippen molar-refractivity contribution in [2.45, 2.75) is 70.7 Å². The van der Waals surface area contributed by atoms with Gasteiger partial charge in [-0.15, -0.1) is 0 Å². The van der Waals surface area contributed by atoms with Crippen LogP contribution in [0, 0.1) is 0 Å². The van der Waals surface area contributed by atoms with Crippen LogP contribution in [0.4, 0.5) is 4.79 Å². The molecule has 1 amide bonds. The minimum atomic E-state index is -0.447. The highest BCUT2D eigenvalue weighted by molar-refractivity contribution is 6.30. The smallest absolute Gasteiger partial charge is 0.410 e. The third kappa shape index (κ3) is 5.85. The first kappa shape index (κ1) is 21.4. The summed E-state index contributed by atoms with van der Waals surface area (Å²) in [5, 5.41) is 0.767. The molecule has 0 N–H and O–H groups in total. The van der Waals surface area contributed by atoms with E-state index in [9.17, 15) is 4.79 Å². The number of halogens is 1. The maximum absolute atomic E-state index is 12.3. The number of ether oxygens (including phenoxy) is 2. The second kappa shape index (κ2) is 9.02. The van der Waals surface area contributed by atoms with Gasteiger partial charge >= 0.3 is 6.09 Å². The van der Waals surface area contributed by atoms with Crippen LogP contribution >= 0.6 is 11.6 Å². The lowest BCUT2D eigenvalue weighted by Crippen LogP contribution is -2.57. The standard InChI is InChI=1S/C22H33ClN2O3/c1-16-14-25(20(15-27-16)13-17-5-7-18(23)8-6-17)19-9-11-24(12-10-19)21(26)28-22(2,3)4/h5-8,16,19-20H,9-15H2,1-4H3/t16-,20-/m0/s1. The molecule has 0 radical (unpaired) electrons. The van der Waals surface area contributed by atoms with Crippen molar-refractivity contribution in [1.82, 2.24) is 9.80 Å². The molecule has 1 aromatic carbocycles. The van der Waals surface area contributed by atoms with Crippen LogP contribution in [0.1, 0.15) is 46.1 Å². The molecule has 2 atom stereocenters. The molecule has 0 bridgehead atoms. The molecule has 3 rings (SSSR count). The van der Waals surface area contributed by atoms with Crippen LogP contribution in [0.2, 0.25) is 5.02 Å². The van der Waals surface area contributed by atoms with Crippen molar-refractivity contribution in [3.8, 4) is 0 Å². The minimum Gasteiger partial charge on any atom is -0.444 e. The summed E-state index contributed by atoms with van der Waals surface area (Å²) in [5.74, 6) is 0. The Kier molecular flexibility index (Phi) is 6.89. The Hall–Kier alpha value is -1.30. The fourth-order valence-corrected chi connectivity index (χ4v) is 4.22. The summed E-state index contributed by atoms with van der Waals surface area (Å²) in [4.78, 5) is 16.8. The number of amides is 1. The van der Waals surface area contributed by atoms with Crippen molar-refractivity contribution in [2.24, 2.45) is 0 Å². The Labute approximate surface area is 173 Å². The summed E-state index contributed by atoms with van der Waals surface area (Å²) in [6.07, 6.45) is 2.95. The summed E-state index contributed by atoms with van der Waals surface area (Å²) in [6, 6.07) is 8.94. The number of hydrogen-bond donors (Lipinski definition) is 0. The zero-order chi connectivity index (χ0) is 20.3. The lowest BCUT2D eigenvalue weighted by atomic mass is 9.96. The van der Waals surface area contributed by atoms with E-state index in [2.05, 4.69) is 24.0 Å². The highest BCUT2D eigenvalue weighted by Crippen LogP contribution is 2.26. The normalized spacial score (nSPS) is 25.0. The highest BCUT2D eigenvalue weighted by Gasteiger charge is 2.35. The van der Waals surface area contributed by atoms with Crippen molar-refractivity contribution in [3.05, 3.63) is 34.9 Å². The minimum absolute atomic E-state index is 0.195. The van der Waals surface area contributed by atoms with Crippen LogP contribution in [0.5, 0.6) is 0 Å². The molecule has 0 saturated carbocycles. The van der Waals surface area contributed by atoms with Crippen LogP contribution in [0.25, 0.3) is 0 Å². The Morgan fingerprint density at radius 1 is 1.21 bits per heavy atom. The van der Waals surface area contributed by atoms with E-state index in [1.54, 1.807) is 0 Å². The third-order valence-electron chi connectivity index (χ3n) is 5.48. The number of rotatable bonds is 3. The number of carbonyl (C=O) groups is 1. The van der Waals surface area contributed by atoms with Crippen LogP contribution < -0.4 is 0 Å². The number of piperidine rings is 1. The third-order valence-corrected chi connectivity index (χ3v) is 5.73. The number of carbonyl (C=O) groups excluding carboxylic acids is 1. The second-order valence-electron chi connectivity index (χ2n) is 9.02. The van der Waals surface area contributed by atoms with E-state index < -0.39 is 5.60 Å². The Bertz CT molecular complexity index is 651. The monoisotopic (exact) mass is 408 g/mol. The van der Waals surface area contributed by atoms with Gasteiger partial charge < -0.3 is 14.4 Å². The molecule has 2 saturated heterocycles. The SMILES string of the molecule is C[C@H]1CN(C2CCN(C(=O)OC(C)(C)C)CC2)[C@@H](Cc2ccc(Cl)cc2)CO1. The van der Waals surface area contributed by atoms with Gasteiger partial charge in [0.2, 0.25) is 0 Å². The summed E-state index contributed by atoms with van der Waals surface area (Å²) < 4.78 is 11.5. The molecule has 2 fully saturated rings. The van der Waals surface area contributed by atoms with Gasteiger partial charge in [0.15, 0.2) is 0 Å². The van der Waals surface area contributed by atoms with Crippen LogP contribution in [-0.2, 0) is 15.9 Å².